The topological polar surface area (TPSA) is 53.1 Å². The lowest BCUT2D eigenvalue weighted by Crippen LogP contribution is -2.17. The molecule has 0 fully saturated rings. The molecule has 0 saturated heterocycles. The first kappa shape index (κ1) is 16.4. The third-order valence-electron chi connectivity index (χ3n) is 4.94. The minimum Gasteiger partial charge on any atom is -0.423 e. The summed E-state index contributed by atoms with van der Waals surface area (Å²) in [5, 5.41) is 4.95. The van der Waals surface area contributed by atoms with E-state index in [1.165, 1.54) is 0 Å². The van der Waals surface area contributed by atoms with Crippen molar-refractivity contribution in [2.75, 3.05) is 0 Å². The summed E-state index contributed by atoms with van der Waals surface area (Å²) in [5.74, 6) is 1.02. The van der Waals surface area contributed by atoms with Crippen LogP contribution in [-0.2, 0) is 0 Å². The minimum atomic E-state index is -0.0300. The zero-order valence-corrected chi connectivity index (χ0v) is 15.2. The second-order valence-corrected chi connectivity index (χ2v) is 6.74. The van der Waals surface area contributed by atoms with E-state index in [0.29, 0.717) is 11.8 Å². The summed E-state index contributed by atoms with van der Waals surface area (Å²) in [6.45, 7) is 0. The van der Waals surface area contributed by atoms with Crippen molar-refractivity contribution in [3.05, 3.63) is 114 Å². The van der Waals surface area contributed by atoms with Crippen LogP contribution in [0.5, 0.6) is 5.88 Å². The number of para-hydroxylation sites is 1. The van der Waals surface area contributed by atoms with Crippen molar-refractivity contribution in [3.63, 3.8) is 0 Å². The van der Waals surface area contributed by atoms with Crippen molar-refractivity contribution >= 4 is 0 Å². The average molecular weight is 365 g/mol. The highest BCUT2D eigenvalue weighted by molar-refractivity contribution is 5.70. The maximum Gasteiger partial charge on any atom is 0.229 e. The van der Waals surface area contributed by atoms with Gasteiger partial charge in [-0.15, -0.1) is 0 Å². The molecule has 4 aromatic rings. The van der Waals surface area contributed by atoms with Gasteiger partial charge in [0, 0.05) is 11.5 Å². The van der Waals surface area contributed by atoms with Crippen molar-refractivity contribution in [1.29, 1.82) is 0 Å². The van der Waals surface area contributed by atoms with Crippen LogP contribution in [0.1, 0.15) is 17.0 Å². The van der Waals surface area contributed by atoms with Crippen LogP contribution >= 0.6 is 0 Å². The monoisotopic (exact) mass is 365 g/mol. The molecule has 1 unspecified atom stereocenters. The van der Waals surface area contributed by atoms with E-state index in [1.807, 2.05) is 77.5 Å². The molecule has 28 heavy (non-hydrogen) atoms. The van der Waals surface area contributed by atoms with Crippen LogP contribution in [0, 0.1) is 0 Å². The smallest absolute Gasteiger partial charge is 0.229 e. The van der Waals surface area contributed by atoms with Crippen LogP contribution in [0.3, 0.4) is 0 Å². The Balaban J connectivity index is 1.79. The lowest BCUT2D eigenvalue weighted by Gasteiger charge is -2.22. The number of nitrogens with two attached hydrogens (primary N) is 1. The second kappa shape index (κ2) is 6.74. The molecule has 1 aromatic heterocycles. The first-order valence-corrected chi connectivity index (χ1v) is 9.25. The SMILES string of the molecule is NC1=CC(c2ccccc2)c2c(-c3ccccc3)nn(-c3ccccc3)c2O1. The molecule has 0 saturated carbocycles. The number of fused-ring (bicyclic) bond motifs is 1. The summed E-state index contributed by atoms with van der Waals surface area (Å²) in [4.78, 5) is 0. The van der Waals surface area contributed by atoms with Crippen LogP contribution in [0.2, 0.25) is 0 Å². The molecule has 4 nitrogen and oxygen atoms in total. The van der Waals surface area contributed by atoms with E-state index in [9.17, 15) is 0 Å². The van der Waals surface area contributed by atoms with Crippen LogP contribution in [0.4, 0.5) is 0 Å². The van der Waals surface area contributed by atoms with Gasteiger partial charge in [0.15, 0.2) is 5.88 Å². The Bertz CT molecular complexity index is 1130. The van der Waals surface area contributed by atoms with Crippen molar-refractivity contribution in [2.45, 2.75) is 5.92 Å². The fourth-order valence-corrected chi connectivity index (χ4v) is 3.66. The minimum absolute atomic E-state index is 0.0300. The van der Waals surface area contributed by atoms with E-state index >= 15 is 0 Å². The third-order valence-corrected chi connectivity index (χ3v) is 4.94. The van der Waals surface area contributed by atoms with Gasteiger partial charge in [-0.1, -0.05) is 78.9 Å². The average Bonchev–Trinajstić information content (AvgIpc) is 3.14. The van der Waals surface area contributed by atoms with Gasteiger partial charge in [-0.05, 0) is 23.8 Å². The summed E-state index contributed by atoms with van der Waals surface area (Å²) < 4.78 is 7.85. The van der Waals surface area contributed by atoms with Gasteiger partial charge < -0.3 is 10.5 Å². The molecule has 0 aliphatic carbocycles. The molecule has 2 N–H and O–H groups in total. The van der Waals surface area contributed by atoms with Crippen LogP contribution in [0.15, 0.2) is 103 Å². The Hall–Kier alpha value is -3.79. The highest BCUT2D eigenvalue weighted by Crippen LogP contribution is 2.44. The summed E-state index contributed by atoms with van der Waals surface area (Å²) >= 11 is 0. The molecular formula is C24H19N3O. The highest BCUT2D eigenvalue weighted by Gasteiger charge is 2.32. The largest absolute Gasteiger partial charge is 0.423 e. The van der Waals surface area contributed by atoms with Crippen molar-refractivity contribution in [1.82, 2.24) is 9.78 Å². The summed E-state index contributed by atoms with van der Waals surface area (Å²) in [6.07, 6.45) is 1.96. The Morgan fingerprint density at radius 2 is 1.39 bits per heavy atom. The van der Waals surface area contributed by atoms with Crippen LogP contribution < -0.4 is 10.5 Å². The number of nitrogens with zero attached hydrogens (tertiary/aromatic N) is 2. The molecular weight excluding hydrogens is 346 g/mol. The molecule has 0 spiro atoms. The maximum absolute atomic E-state index is 6.17. The molecule has 4 heteroatoms. The van der Waals surface area contributed by atoms with Gasteiger partial charge in [0.2, 0.25) is 5.88 Å². The molecule has 0 amide bonds. The summed E-state index contributed by atoms with van der Waals surface area (Å²) in [5.41, 5.74) is 11.2. The lowest BCUT2D eigenvalue weighted by atomic mass is 9.88. The standard InChI is InChI=1S/C24H19N3O/c25-21-16-20(17-10-4-1-5-11-17)22-23(18-12-6-2-7-13-18)26-27(24(22)28-21)19-14-8-3-9-15-19/h1-16,20H,25H2. The molecule has 3 aromatic carbocycles. The molecule has 0 bridgehead atoms. The Kier molecular flexibility index (Phi) is 3.95. The summed E-state index contributed by atoms with van der Waals surface area (Å²) in [7, 11) is 0. The normalized spacial score (nSPS) is 15.4. The fourth-order valence-electron chi connectivity index (χ4n) is 3.66. The second-order valence-electron chi connectivity index (χ2n) is 6.74. The van der Waals surface area contributed by atoms with Gasteiger partial charge in [-0.25, -0.2) is 0 Å². The Morgan fingerprint density at radius 3 is 2.07 bits per heavy atom. The van der Waals surface area contributed by atoms with Gasteiger partial charge in [0.05, 0.1) is 11.3 Å². The zero-order valence-electron chi connectivity index (χ0n) is 15.2. The number of benzene rings is 3. The van der Waals surface area contributed by atoms with E-state index in [0.717, 1.165) is 28.1 Å². The predicted molar refractivity (Wildman–Crippen MR) is 110 cm³/mol. The van der Waals surface area contributed by atoms with Gasteiger partial charge >= 0.3 is 0 Å². The van der Waals surface area contributed by atoms with Crippen molar-refractivity contribution in [3.8, 4) is 22.8 Å². The van der Waals surface area contributed by atoms with Crippen molar-refractivity contribution in [2.24, 2.45) is 5.73 Å². The molecule has 2 heterocycles. The first-order valence-electron chi connectivity index (χ1n) is 9.25. The number of hydrogen-bond donors (Lipinski definition) is 1. The number of ether oxygens (including phenoxy) is 1. The van der Waals surface area contributed by atoms with Crippen LogP contribution in [-0.4, -0.2) is 9.78 Å². The number of rotatable bonds is 3. The van der Waals surface area contributed by atoms with E-state index in [4.69, 9.17) is 15.6 Å². The predicted octanol–water partition coefficient (Wildman–Crippen LogP) is 4.86. The van der Waals surface area contributed by atoms with Gasteiger partial charge in [0.1, 0.15) is 5.69 Å². The van der Waals surface area contributed by atoms with Gasteiger partial charge in [0.25, 0.3) is 0 Å². The van der Waals surface area contributed by atoms with E-state index in [2.05, 4.69) is 24.3 Å². The maximum atomic E-state index is 6.17. The van der Waals surface area contributed by atoms with Crippen molar-refractivity contribution < 1.29 is 4.74 Å². The molecule has 0 radical (unpaired) electrons. The molecule has 1 aliphatic heterocycles. The van der Waals surface area contributed by atoms with E-state index < -0.39 is 0 Å². The molecule has 1 atom stereocenters. The first-order chi connectivity index (χ1) is 13.8. The van der Waals surface area contributed by atoms with E-state index in [-0.39, 0.29) is 5.92 Å². The Morgan fingerprint density at radius 1 is 0.786 bits per heavy atom. The van der Waals surface area contributed by atoms with Gasteiger partial charge in [-0.3, -0.25) is 0 Å². The number of allylic oxidation sites excluding steroid dienone is 1. The highest BCUT2D eigenvalue weighted by atomic mass is 16.5. The quantitative estimate of drug-likeness (QED) is 0.564. The number of hydrogen-bond acceptors (Lipinski definition) is 3. The van der Waals surface area contributed by atoms with Crippen LogP contribution in [0.25, 0.3) is 16.9 Å². The molecule has 136 valence electrons. The molecule has 5 rings (SSSR count). The molecule has 1 aliphatic rings. The fraction of sp³-hybridized carbons (Fsp3) is 0.0417. The summed E-state index contributed by atoms with van der Waals surface area (Å²) in [6, 6.07) is 30.5. The lowest BCUT2D eigenvalue weighted by molar-refractivity contribution is 0.372. The Labute approximate surface area is 163 Å². The zero-order chi connectivity index (χ0) is 18.9. The number of aromatic nitrogens is 2. The van der Waals surface area contributed by atoms with Gasteiger partial charge in [-0.2, -0.15) is 9.78 Å². The third kappa shape index (κ3) is 2.76. The van der Waals surface area contributed by atoms with E-state index in [1.54, 1.807) is 0 Å².